The molecule has 2 rings (SSSR count). The van der Waals surface area contributed by atoms with Crippen LogP contribution in [0.3, 0.4) is 0 Å². The molecule has 0 saturated heterocycles. The molecule has 0 aliphatic heterocycles. The Balaban J connectivity index is 1.89. The highest BCUT2D eigenvalue weighted by Crippen LogP contribution is 2.18. The van der Waals surface area contributed by atoms with Gasteiger partial charge in [0.1, 0.15) is 0 Å². The van der Waals surface area contributed by atoms with Gasteiger partial charge in [-0.15, -0.1) is 0 Å². The van der Waals surface area contributed by atoms with Crippen molar-refractivity contribution in [1.82, 2.24) is 5.32 Å². The van der Waals surface area contributed by atoms with Gasteiger partial charge in [-0.1, -0.05) is 19.1 Å². The van der Waals surface area contributed by atoms with E-state index in [0.29, 0.717) is 6.04 Å². The van der Waals surface area contributed by atoms with E-state index >= 15 is 0 Å². The average Bonchev–Trinajstić information content (AvgIpc) is 2.24. The first-order chi connectivity index (χ1) is 7.78. The zero-order chi connectivity index (χ0) is 11.4. The topological polar surface area (TPSA) is 41.1 Å². The molecule has 1 aromatic carbocycles. The first kappa shape index (κ1) is 11.0. The molecule has 86 valence electrons. The normalized spacial score (nSPS) is 15.3. The first-order valence-electron chi connectivity index (χ1n) is 5.94. The van der Waals surface area contributed by atoms with Crippen molar-refractivity contribution in [3.05, 3.63) is 29.8 Å². The minimum absolute atomic E-state index is 0.0852. The Morgan fingerprint density at radius 3 is 2.88 bits per heavy atom. The zero-order valence-electron chi connectivity index (χ0n) is 9.62. The lowest BCUT2D eigenvalue weighted by Gasteiger charge is -2.26. The fourth-order valence-corrected chi connectivity index (χ4v) is 1.77. The van der Waals surface area contributed by atoms with E-state index in [1.807, 2.05) is 18.2 Å². The predicted molar refractivity (Wildman–Crippen MR) is 65.6 cm³/mol. The molecule has 0 heterocycles. The minimum atomic E-state index is -0.0852. The van der Waals surface area contributed by atoms with Crippen LogP contribution in [0.5, 0.6) is 0 Å². The van der Waals surface area contributed by atoms with Gasteiger partial charge >= 0.3 is 6.03 Å². The van der Waals surface area contributed by atoms with Crippen LogP contribution in [0.2, 0.25) is 0 Å². The molecule has 3 nitrogen and oxygen atoms in total. The summed E-state index contributed by atoms with van der Waals surface area (Å²) >= 11 is 0. The number of nitrogens with one attached hydrogen (secondary N) is 2. The van der Waals surface area contributed by atoms with Gasteiger partial charge in [-0.05, 0) is 43.4 Å². The van der Waals surface area contributed by atoms with Crippen molar-refractivity contribution in [2.24, 2.45) is 0 Å². The second kappa shape index (κ2) is 5.01. The standard InChI is InChI=1S/C13H18N2O/c1-2-10-5-3-8-12(9-10)15-13(16)14-11-6-4-7-11/h3,5,8-9,11H,2,4,6-7H2,1H3,(H2,14,15,16). The summed E-state index contributed by atoms with van der Waals surface area (Å²) in [7, 11) is 0. The Bertz CT molecular complexity index is 372. The highest BCUT2D eigenvalue weighted by Gasteiger charge is 2.19. The highest BCUT2D eigenvalue weighted by molar-refractivity contribution is 5.89. The number of aryl methyl sites for hydroxylation is 1. The lowest BCUT2D eigenvalue weighted by Crippen LogP contribution is -2.41. The van der Waals surface area contributed by atoms with Crippen LogP contribution in [-0.4, -0.2) is 12.1 Å². The van der Waals surface area contributed by atoms with Gasteiger partial charge in [-0.3, -0.25) is 0 Å². The van der Waals surface area contributed by atoms with Crippen molar-refractivity contribution in [1.29, 1.82) is 0 Å². The lowest BCUT2D eigenvalue weighted by molar-refractivity contribution is 0.240. The zero-order valence-corrected chi connectivity index (χ0v) is 9.62. The van der Waals surface area contributed by atoms with E-state index in [0.717, 1.165) is 24.9 Å². The highest BCUT2D eigenvalue weighted by atomic mass is 16.2. The fraction of sp³-hybridized carbons (Fsp3) is 0.462. The van der Waals surface area contributed by atoms with Gasteiger partial charge in [0.25, 0.3) is 0 Å². The summed E-state index contributed by atoms with van der Waals surface area (Å²) in [6, 6.07) is 8.26. The van der Waals surface area contributed by atoms with Crippen molar-refractivity contribution < 1.29 is 4.79 Å². The molecule has 2 amide bonds. The minimum Gasteiger partial charge on any atom is -0.335 e. The Hall–Kier alpha value is -1.51. The molecule has 0 radical (unpaired) electrons. The molecule has 1 fully saturated rings. The molecule has 1 saturated carbocycles. The van der Waals surface area contributed by atoms with Crippen LogP contribution in [0.4, 0.5) is 10.5 Å². The number of amides is 2. The molecular formula is C13H18N2O. The molecule has 0 spiro atoms. The van der Waals surface area contributed by atoms with E-state index in [-0.39, 0.29) is 6.03 Å². The second-order valence-corrected chi connectivity index (χ2v) is 4.28. The summed E-state index contributed by atoms with van der Waals surface area (Å²) in [5.74, 6) is 0. The molecule has 1 aromatic rings. The van der Waals surface area contributed by atoms with E-state index in [4.69, 9.17) is 0 Å². The van der Waals surface area contributed by atoms with Gasteiger partial charge in [-0.25, -0.2) is 4.79 Å². The van der Waals surface area contributed by atoms with E-state index in [2.05, 4.69) is 23.6 Å². The van der Waals surface area contributed by atoms with Crippen LogP contribution in [-0.2, 0) is 6.42 Å². The summed E-state index contributed by atoms with van der Waals surface area (Å²) in [6.45, 7) is 2.10. The Morgan fingerprint density at radius 1 is 1.44 bits per heavy atom. The van der Waals surface area contributed by atoms with E-state index in [9.17, 15) is 4.79 Å². The number of hydrogen-bond donors (Lipinski definition) is 2. The van der Waals surface area contributed by atoms with Gasteiger partial charge in [0.15, 0.2) is 0 Å². The molecule has 2 N–H and O–H groups in total. The number of urea groups is 1. The number of benzene rings is 1. The smallest absolute Gasteiger partial charge is 0.319 e. The van der Waals surface area contributed by atoms with Crippen LogP contribution in [0.15, 0.2) is 24.3 Å². The molecule has 0 aromatic heterocycles. The van der Waals surface area contributed by atoms with Gasteiger partial charge < -0.3 is 10.6 Å². The Kier molecular flexibility index (Phi) is 3.44. The molecule has 0 bridgehead atoms. The van der Waals surface area contributed by atoms with Crippen molar-refractivity contribution >= 4 is 11.7 Å². The summed E-state index contributed by atoms with van der Waals surface area (Å²) in [5.41, 5.74) is 2.11. The van der Waals surface area contributed by atoms with Crippen molar-refractivity contribution in [3.63, 3.8) is 0 Å². The van der Waals surface area contributed by atoms with E-state index in [1.165, 1.54) is 12.0 Å². The molecular weight excluding hydrogens is 200 g/mol. The SMILES string of the molecule is CCc1cccc(NC(=O)NC2CCC2)c1. The molecule has 1 aliphatic carbocycles. The summed E-state index contributed by atoms with van der Waals surface area (Å²) in [5, 5.41) is 5.82. The monoisotopic (exact) mass is 218 g/mol. The molecule has 3 heteroatoms. The lowest BCUT2D eigenvalue weighted by atomic mass is 9.93. The van der Waals surface area contributed by atoms with Crippen LogP contribution in [0, 0.1) is 0 Å². The van der Waals surface area contributed by atoms with E-state index in [1.54, 1.807) is 0 Å². The summed E-state index contributed by atoms with van der Waals surface area (Å²) in [6.07, 6.45) is 4.45. The largest absolute Gasteiger partial charge is 0.335 e. The predicted octanol–water partition coefficient (Wildman–Crippen LogP) is 2.92. The maximum atomic E-state index is 11.6. The van der Waals surface area contributed by atoms with Gasteiger partial charge in [0, 0.05) is 11.7 Å². The van der Waals surface area contributed by atoms with Crippen LogP contribution < -0.4 is 10.6 Å². The third-order valence-corrected chi connectivity index (χ3v) is 3.03. The number of carbonyl (C=O) groups is 1. The van der Waals surface area contributed by atoms with Crippen LogP contribution in [0.25, 0.3) is 0 Å². The van der Waals surface area contributed by atoms with Crippen LogP contribution >= 0.6 is 0 Å². The quantitative estimate of drug-likeness (QED) is 0.804. The van der Waals surface area contributed by atoms with E-state index < -0.39 is 0 Å². The third kappa shape index (κ3) is 2.75. The maximum Gasteiger partial charge on any atom is 0.319 e. The summed E-state index contributed by atoms with van der Waals surface area (Å²) in [4.78, 5) is 11.6. The van der Waals surface area contributed by atoms with Crippen molar-refractivity contribution in [3.8, 4) is 0 Å². The van der Waals surface area contributed by atoms with Gasteiger partial charge in [0.2, 0.25) is 0 Å². The molecule has 1 aliphatic rings. The molecule has 0 unspecified atom stereocenters. The maximum absolute atomic E-state index is 11.6. The molecule has 0 atom stereocenters. The number of carbonyl (C=O) groups excluding carboxylic acids is 1. The molecule has 16 heavy (non-hydrogen) atoms. The Labute approximate surface area is 96.2 Å². The van der Waals surface area contributed by atoms with Crippen molar-refractivity contribution in [2.45, 2.75) is 38.6 Å². The van der Waals surface area contributed by atoms with Gasteiger partial charge in [0.05, 0.1) is 0 Å². The number of anilines is 1. The number of hydrogen-bond acceptors (Lipinski definition) is 1. The van der Waals surface area contributed by atoms with Crippen LogP contribution in [0.1, 0.15) is 31.7 Å². The summed E-state index contributed by atoms with van der Waals surface area (Å²) < 4.78 is 0. The first-order valence-corrected chi connectivity index (χ1v) is 5.94. The van der Waals surface area contributed by atoms with Crippen molar-refractivity contribution in [2.75, 3.05) is 5.32 Å². The Morgan fingerprint density at radius 2 is 2.25 bits per heavy atom. The fourth-order valence-electron chi connectivity index (χ4n) is 1.77. The second-order valence-electron chi connectivity index (χ2n) is 4.28. The third-order valence-electron chi connectivity index (χ3n) is 3.03. The number of rotatable bonds is 3. The average molecular weight is 218 g/mol. The van der Waals surface area contributed by atoms with Gasteiger partial charge in [-0.2, -0.15) is 0 Å².